The lowest BCUT2D eigenvalue weighted by Gasteiger charge is -2.10. The number of aryl methyl sites for hydroxylation is 1. The predicted octanol–water partition coefficient (Wildman–Crippen LogP) is 3.47. The van der Waals surface area contributed by atoms with E-state index < -0.39 is 5.91 Å². The molecule has 0 saturated carbocycles. The van der Waals surface area contributed by atoms with Gasteiger partial charge in [0.25, 0.3) is 0 Å². The van der Waals surface area contributed by atoms with Gasteiger partial charge in [0.15, 0.2) is 11.0 Å². The maximum atomic E-state index is 12.5. The van der Waals surface area contributed by atoms with Gasteiger partial charge < -0.3 is 11.1 Å². The first-order valence-corrected chi connectivity index (χ1v) is 10.8. The van der Waals surface area contributed by atoms with Gasteiger partial charge in [-0.25, -0.2) is 0 Å². The second-order valence-electron chi connectivity index (χ2n) is 6.97. The molecule has 0 unspecified atom stereocenters. The molecule has 0 spiro atoms. The fourth-order valence-electron chi connectivity index (χ4n) is 3.00. The van der Waals surface area contributed by atoms with Crippen LogP contribution in [0.1, 0.15) is 15.9 Å². The Labute approximate surface area is 188 Å². The van der Waals surface area contributed by atoms with Crippen LogP contribution < -0.4 is 11.1 Å². The van der Waals surface area contributed by atoms with E-state index in [4.69, 9.17) is 5.73 Å². The van der Waals surface area contributed by atoms with Crippen LogP contribution in [0.5, 0.6) is 0 Å². The summed E-state index contributed by atoms with van der Waals surface area (Å²) in [5.41, 5.74) is 8.90. The van der Waals surface area contributed by atoms with Crippen molar-refractivity contribution in [2.75, 3.05) is 11.1 Å². The van der Waals surface area contributed by atoms with Crippen molar-refractivity contribution >= 4 is 29.3 Å². The minimum atomic E-state index is -0.516. The lowest BCUT2D eigenvalue weighted by molar-refractivity contribution is -0.113. The molecule has 32 heavy (non-hydrogen) atoms. The maximum absolute atomic E-state index is 12.5. The highest BCUT2D eigenvalue weighted by atomic mass is 32.2. The molecule has 0 atom stereocenters. The molecule has 2 amide bonds. The molecule has 4 aromatic rings. The summed E-state index contributed by atoms with van der Waals surface area (Å²) >= 11 is 1.27. The molecule has 160 valence electrons. The van der Waals surface area contributed by atoms with Crippen LogP contribution in [0.25, 0.3) is 17.2 Å². The zero-order valence-electron chi connectivity index (χ0n) is 17.2. The Morgan fingerprint density at radius 3 is 2.41 bits per heavy atom. The number of hydrogen-bond acceptors (Lipinski definition) is 6. The van der Waals surface area contributed by atoms with Crippen LogP contribution in [-0.4, -0.2) is 37.3 Å². The average Bonchev–Trinajstić information content (AvgIpc) is 3.23. The highest BCUT2D eigenvalue weighted by molar-refractivity contribution is 7.99. The normalized spacial score (nSPS) is 10.7. The van der Waals surface area contributed by atoms with E-state index in [0.29, 0.717) is 27.9 Å². The van der Waals surface area contributed by atoms with Crippen molar-refractivity contribution in [2.24, 2.45) is 5.73 Å². The van der Waals surface area contributed by atoms with Gasteiger partial charge in [0.2, 0.25) is 11.8 Å². The topological polar surface area (TPSA) is 116 Å². The third-order valence-electron chi connectivity index (χ3n) is 4.61. The van der Waals surface area contributed by atoms with Gasteiger partial charge in [-0.1, -0.05) is 35.5 Å². The van der Waals surface area contributed by atoms with Crippen LogP contribution in [0.2, 0.25) is 0 Å². The van der Waals surface area contributed by atoms with Crippen LogP contribution in [-0.2, 0) is 4.79 Å². The first-order chi connectivity index (χ1) is 15.5. The summed E-state index contributed by atoms with van der Waals surface area (Å²) in [6.07, 6.45) is 1.70. The zero-order chi connectivity index (χ0) is 22.5. The van der Waals surface area contributed by atoms with Crippen molar-refractivity contribution < 1.29 is 9.59 Å². The van der Waals surface area contributed by atoms with Crippen molar-refractivity contribution in [1.29, 1.82) is 0 Å². The third-order valence-corrected chi connectivity index (χ3v) is 5.53. The summed E-state index contributed by atoms with van der Waals surface area (Å²) in [6.45, 7) is 2.02. The molecule has 0 bridgehead atoms. The number of nitrogens with two attached hydrogens (primary N) is 1. The van der Waals surface area contributed by atoms with Gasteiger partial charge in [0.1, 0.15) is 5.69 Å². The summed E-state index contributed by atoms with van der Waals surface area (Å²) in [6, 6.07) is 20.0. The number of rotatable bonds is 7. The lowest BCUT2D eigenvalue weighted by atomic mass is 10.2. The van der Waals surface area contributed by atoms with Gasteiger partial charge in [0, 0.05) is 23.1 Å². The number of thioether (sulfide) groups is 1. The number of nitrogens with zero attached hydrogens (tertiary/aromatic N) is 4. The maximum Gasteiger partial charge on any atom is 0.248 e. The Morgan fingerprint density at radius 2 is 1.75 bits per heavy atom. The SMILES string of the molecule is Cc1ccc(-n2c(SCC(=O)Nc3ccc(C(N)=O)cc3)nnc2-c2ccccn2)cc1. The number of hydrogen-bond donors (Lipinski definition) is 2. The van der Waals surface area contributed by atoms with Gasteiger partial charge in [-0.05, 0) is 55.5 Å². The molecule has 0 aliphatic rings. The molecule has 8 nitrogen and oxygen atoms in total. The number of benzene rings is 2. The second kappa shape index (κ2) is 9.44. The van der Waals surface area contributed by atoms with Gasteiger partial charge >= 0.3 is 0 Å². The Morgan fingerprint density at radius 1 is 1.00 bits per heavy atom. The number of anilines is 1. The van der Waals surface area contributed by atoms with E-state index in [0.717, 1.165) is 11.3 Å². The molecule has 0 radical (unpaired) electrons. The molecule has 4 rings (SSSR count). The van der Waals surface area contributed by atoms with Crippen LogP contribution >= 0.6 is 11.8 Å². The van der Waals surface area contributed by atoms with E-state index in [1.807, 2.05) is 54.0 Å². The van der Waals surface area contributed by atoms with Crippen molar-refractivity contribution in [3.05, 3.63) is 84.1 Å². The van der Waals surface area contributed by atoms with E-state index >= 15 is 0 Å². The van der Waals surface area contributed by atoms with Crippen molar-refractivity contribution in [3.8, 4) is 17.2 Å². The summed E-state index contributed by atoms with van der Waals surface area (Å²) in [4.78, 5) is 28.0. The van der Waals surface area contributed by atoms with Crippen LogP contribution in [0.15, 0.2) is 78.1 Å². The van der Waals surface area contributed by atoms with Crippen molar-refractivity contribution in [3.63, 3.8) is 0 Å². The highest BCUT2D eigenvalue weighted by Crippen LogP contribution is 2.27. The van der Waals surface area contributed by atoms with Crippen molar-refractivity contribution in [1.82, 2.24) is 19.7 Å². The molecule has 2 aromatic carbocycles. The number of carbonyl (C=O) groups is 2. The number of nitrogens with one attached hydrogen (secondary N) is 1. The van der Waals surface area contributed by atoms with Gasteiger partial charge in [0.05, 0.1) is 5.75 Å². The van der Waals surface area contributed by atoms with Crippen LogP contribution in [0.4, 0.5) is 5.69 Å². The largest absolute Gasteiger partial charge is 0.366 e. The Hall–Kier alpha value is -3.98. The minimum Gasteiger partial charge on any atom is -0.366 e. The fraction of sp³-hybridized carbons (Fsp3) is 0.0870. The summed E-state index contributed by atoms with van der Waals surface area (Å²) < 4.78 is 1.89. The summed E-state index contributed by atoms with van der Waals surface area (Å²) in [5.74, 6) is 0.000655. The monoisotopic (exact) mass is 444 g/mol. The van der Waals surface area contributed by atoms with E-state index in [2.05, 4.69) is 20.5 Å². The summed E-state index contributed by atoms with van der Waals surface area (Å²) in [5, 5.41) is 12.0. The quantitative estimate of drug-likeness (QED) is 0.422. The molecule has 0 aliphatic carbocycles. The summed E-state index contributed by atoms with van der Waals surface area (Å²) in [7, 11) is 0. The number of pyridine rings is 1. The smallest absolute Gasteiger partial charge is 0.248 e. The fourth-order valence-corrected chi connectivity index (χ4v) is 3.75. The van der Waals surface area contributed by atoms with Gasteiger partial charge in [-0.3, -0.25) is 19.1 Å². The molecular formula is C23H20N6O2S. The average molecular weight is 445 g/mol. The molecule has 0 aliphatic heterocycles. The number of carbonyl (C=O) groups excluding carboxylic acids is 2. The lowest BCUT2D eigenvalue weighted by Crippen LogP contribution is -2.15. The zero-order valence-corrected chi connectivity index (χ0v) is 18.0. The Balaban J connectivity index is 1.54. The van der Waals surface area contributed by atoms with Gasteiger partial charge in [-0.15, -0.1) is 10.2 Å². The molecule has 9 heteroatoms. The molecule has 3 N–H and O–H groups in total. The van der Waals surface area contributed by atoms with E-state index in [1.165, 1.54) is 11.8 Å². The predicted molar refractivity (Wildman–Crippen MR) is 124 cm³/mol. The highest BCUT2D eigenvalue weighted by Gasteiger charge is 2.18. The van der Waals surface area contributed by atoms with E-state index in [-0.39, 0.29) is 11.7 Å². The van der Waals surface area contributed by atoms with Gasteiger partial charge in [-0.2, -0.15) is 0 Å². The molecule has 0 fully saturated rings. The Bertz CT molecular complexity index is 1240. The standard InChI is InChI=1S/C23H20N6O2S/c1-15-5-11-18(12-6-15)29-22(19-4-2-3-13-25-19)27-28-23(29)32-14-20(30)26-17-9-7-16(8-10-17)21(24)31/h2-13H,14H2,1H3,(H2,24,31)(H,26,30). The molecule has 2 aromatic heterocycles. The van der Waals surface area contributed by atoms with Crippen LogP contribution in [0, 0.1) is 6.92 Å². The van der Waals surface area contributed by atoms with E-state index in [1.54, 1.807) is 30.5 Å². The molecule has 0 saturated heterocycles. The van der Waals surface area contributed by atoms with Crippen LogP contribution in [0.3, 0.4) is 0 Å². The minimum absolute atomic E-state index is 0.129. The molecular weight excluding hydrogens is 424 g/mol. The number of aromatic nitrogens is 4. The first-order valence-electron chi connectivity index (χ1n) is 9.77. The number of amides is 2. The Kier molecular flexibility index (Phi) is 6.27. The second-order valence-corrected chi connectivity index (χ2v) is 7.91. The molecule has 2 heterocycles. The first kappa shape index (κ1) is 21.3. The van der Waals surface area contributed by atoms with Crippen molar-refractivity contribution in [2.45, 2.75) is 12.1 Å². The van der Waals surface area contributed by atoms with E-state index in [9.17, 15) is 9.59 Å². The third kappa shape index (κ3) is 4.84. The number of primary amides is 1.